The van der Waals surface area contributed by atoms with E-state index >= 15 is 0 Å². The summed E-state index contributed by atoms with van der Waals surface area (Å²) in [5.41, 5.74) is 1.62. The van der Waals surface area contributed by atoms with E-state index in [0.29, 0.717) is 23.7 Å². The van der Waals surface area contributed by atoms with Crippen molar-refractivity contribution in [1.29, 1.82) is 0 Å². The van der Waals surface area contributed by atoms with E-state index in [1.54, 1.807) is 21.9 Å². The lowest BCUT2D eigenvalue weighted by molar-refractivity contribution is 0.602. The summed E-state index contributed by atoms with van der Waals surface area (Å²) in [5, 5.41) is 19.9. The van der Waals surface area contributed by atoms with E-state index in [-0.39, 0.29) is 17.5 Å². The first-order chi connectivity index (χ1) is 10.6. The third-order valence-corrected chi connectivity index (χ3v) is 6.08. The average molecular weight is 335 g/mol. The highest BCUT2D eigenvalue weighted by atomic mass is 32.2. The molecule has 0 aromatic carbocycles. The summed E-state index contributed by atoms with van der Waals surface area (Å²) in [6, 6.07) is 5.50. The van der Waals surface area contributed by atoms with Gasteiger partial charge >= 0.3 is 0 Å². The van der Waals surface area contributed by atoms with Crippen molar-refractivity contribution < 1.29 is 8.42 Å². The number of thiophene rings is 1. The minimum Gasteiger partial charge on any atom is -0.365 e. The fourth-order valence-corrected chi connectivity index (χ4v) is 4.86. The maximum atomic E-state index is 11.5. The molecule has 4 heterocycles. The average Bonchev–Trinajstić information content (AvgIpc) is 3.18. The van der Waals surface area contributed by atoms with Crippen LogP contribution >= 0.6 is 11.3 Å². The van der Waals surface area contributed by atoms with Gasteiger partial charge in [0, 0.05) is 17.0 Å². The van der Waals surface area contributed by atoms with Crippen molar-refractivity contribution in [3.05, 3.63) is 29.0 Å². The minimum atomic E-state index is -2.91. The molecule has 1 aliphatic rings. The van der Waals surface area contributed by atoms with Crippen molar-refractivity contribution in [3.63, 3.8) is 0 Å². The van der Waals surface area contributed by atoms with Gasteiger partial charge in [0.15, 0.2) is 21.3 Å². The Bertz CT molecular complexity index is 917. The zero-order valence-electron chi connectivity index (χ0n) is 11.5. The first kappa shape index (κ1) is 13.6. The Hall–Kier alpha value is -2.00. The second-order valence-electron chi connectivity index (χ2n) is 5.27. The van der Waals surface area contributed by atoms with Crippen molar-refractivity contribution in [2.24, 2.45) is 0 Å². The molecule has 3 aromatic rings. The summed E-state index contributed by atoms with van der Waals surface area (Å²) in [4.78, 5) is 0. The van der Waals surface area contributed by atoms with Gasteiger partial charge in [0.05, 0.1) is 11.5 Å². The topological polar surface area (TPSA) is 89.2 Å². The molecule has 1 fully saturated rings. The molecule has 0 saturated carbocycles. The number of nitrogens with zero attached hydrogens (tertiary/aromatic N) is 4. The minimum absolute atomic E-state index is 0.0870. The zero-order chi connectivity index (χ0) is 15.2. The molecule has 22 heavy (non-hydrogen) atoms. The molecule has 4 rings (SSSR count). The fourth-order valence-electron chi connectivity index (χ4n) is 2.56. The van der Waals surface area contributed by atoms with E-state index in [1.165, 1.54) is 0 Å². The van der Waals surface area contributed by atoms with E-state index in [1.807, 2.05) is 22.9 Å². The summed E-state index contributed by atoms with van der Waals surface area (Å²) in [7, 11) is -2.91. The Kier molecular flexibility index (Phi) is 3.12. The third kappa shape index (κ3) is 2.46. The van der Waals surface area contributed by atoms with Crippen LogP contribution in [-0.2, 0) is 9.84 Å². The Balaban J connectivity index is 1.67. The quantitative estimate of drug-likeness (QED) is 0.779. The second-order valence-corrected chi connectivity index (χ2v) is 8.28. The van der Waals surface area contributed by atoms with Gasteiger partial charge in [-0.3, -0.25) is 0 Å². The molecular formula is C13H13N5O2S2. The number of hydrogen-bond acceptors (Lipinski definition) is 7. The monoisotopic (exact) mass is 335 g/mol. The summed E-state index contributed by atoms with van der Waals surface area (Å²) in [6.07, 6.45) is 0.613. The number of aromatic nitrogens is 4. The van der Waals surface area contributed by atoms with E-state index in [9.17, 15) is 8.42 Å². The fraction of sp³-hybridized carbons (Fsp3) is 0.308. The van der Waals surface area contributed by atoms with Crippen LogP contribution in [0.15, 0.2) is 29.0 Å². The predicted molar refractivity (Wildman–Crippen MR) is 84.8 cm³/mol. The van der Waals surface area contributed by atoms with Gasteiger partial charge in [-0.25, -0.2) is 8.42 Å². The lowest BCUT2D eigenvalue weighted by Gasteiger charge is -2.11. The molecule has 7 nitrogen and oxygen atoms in total. The smallest absolute Gasteiger partial charge is 0.186 e. The number of sulfone groups is 1. The largest absolute Gasteiger partial charge is 0.365 e. The van der Waals surface area contributed by atoms with Gasteiger partial charge in [0.2, 0.25) is 0 Å². The van der Waals surface area contributed by atoms with Gasteiger partial charge in [-0.15, -0.1) is 15.3 Å². The Morgan fingerprint density at radius 2 is 2.18 bits per heavy atom. The molecule has 0 aliphatic carbocycles. The molecule has 0 bridgehead atoms. The van der Waals surface area contributed by atoms with Crippen LogP contribution in [0.5, 0.6) is 0 Å². The molecule has 1 atom stereocenters. The molecule has 0 amide bonds. The van der Waals surface area contributed by atoms with Gasteiger partial charge in [0.25, 0.3) is 0 Å². The maximum Gasteiger partial charge on any atom is 0.186 e. The van der Waals surface area contributed by atoms with Crippen molar-refractivity contribution in [2.45, 2.75) is 12.5 Å². The molecular weight excluding hydrogens is 322 g/mol. The van der Waals surface area contributed by atoms with E-state index in [0.717, 1.165) is 5.56 Å². The van der Waals surface area contributed by atoms with Gasteiger partial charge in [-0.1, -0.05) is 0 Å². The number of rotatable bonds is 3. The zero-order valence-corrected chi connectivity index (χ0v) is 13.1. The summed E-state index contributed by atoms with van der Waals surface area (Å²) in [6.45, 7) is 0. The molecule has 1 saturated heterocycles. The van der Waals surface area contributed by atoms with Crippen LogP contribution in [0.25, 0.3) is 17.0 Å². The molecule has 1 unspecified atom stereocenters. The van der Waals surface area contributed by atoms with Crippen molar-refractivity contribution in [1.82, 2.24) is 19.8 Å². The maximum absolute atomic E-state index is 11.5. The molecule has 1 aliphatic heterocycles. The SMILES string of the molecule is O=S1(=O)CCC(Nc2ccc3nnc(-c4ccsc4)n3n2)C1. The van der Waals surface area contributed by atoms with Crippen LogP contribution < -0.4 is 5.32 Å². The highest BCUT2D eigenvalue weighted by molar-refractivity contribution is 7.91. The Morgan fingerprint density at radius 3 is 2.91 bits per heavy atom. The first-order valence-corrected chi connectivity index (χ1v) is 9.59. The van der Waals surface area contributed by atoms with Crippen LogP contribution in [0.2, 0.25) is 0 Å². The van der Waals surface area contributed by atoms with Gasteiger partial charge in [-0.2, -0.15) is 15.9 Å². The standard InChI is InChI=1S/C13H13N5O2S2/c19-22(20)6-4-10(8-22)14-11-1-2-12-15-16-13(18(12)17-11)9-3-5-21-7-9/h1-3,5,7,10H,4,6,8H2,(H,14,17). The Labute approximate surface area is 130 Å². The number of nitrogens with one attached hydrogen (secondary N) is 1. The normalized spacial score (nSPS) is 20.5. The van der Waals surface area contributed by atoms with Crippen LogP contribution in [0, 0.1) is 0 Å². The van der Waals surface area contributed by atoms with Crippen LogP contribution in [0.3, 0.4) is 0 Å². The second kappa shape index (κ2) is 5.03. The molecule has 3 aromatic heterocycles. The van der Waals surface area contributed by atoms with E-state index in [4.69, 9.17) is 0 Å². The van der Waals surface area contributed by atoms with Crippen molar-refractivity contribution in [2.75, 3.05) is 16.8 Å². The molecule has 114 valence electrons. The highest BCUT2D eigenvalue weighted by Gasteiger charge is 2.28. The van der Waals surface area contributed by atoms with Crippen molar-refractivity contribution >= 4 is 32.6 Å². The molecule has 0 spiro atoms. The lowest BCUT2D eigenvalue weighted by Crippen LogP contribution is -2.21. The van der Waals surface area contributed by atoms with Gasteiger partial charge in [0.1, 0.15) is 5.82 Å². The highest BCUT2D eigenvalue weighted by Crippen LogP contribution is 2.22. The van der Waals surface area contributed by atoms with E-state index in [2.05, 4.69) is 20.6 Å². The molecule has 0 radical (unpaired) electrons. The molecule has 9 heteroatoms. The van der Waals surface area contributed by atoms with Crippen LogP contribution in [0.1, 0.15) is 6.42 Å². The number of fused-ring (bicyclic) bond motifs is 1. The third-order valence-electron chi connectivity index (χ3n) is 3.63. The Morgan fingerprint density at radius 1 is 1.27 bits per heavy atom. The van der Waals surface area contributed by atoms with Gasteiger partial charge < -0.3 is 5.32 Å². The predicted octanol–water partition coefficient (Wildman–Crippen LogP) is 1.45. The summed E-state index contributed by atoms with van der Waals surface area (Å²) in [5.74, 6) is 1.70. The van der Waals surface area contributed by atoms with Crippen molar-refractivity contribution in [3.8, 4) is 11.4 Å². The number of anilines is 1. The lowest BCUT2D eigenvalue weighted by atomic mass is 10.2. The van der Waals surface area contributed by atoms with Crippen LogP contribution in [-0.4, -0.2) is 45.8 Å². The molecule has 1 N–H and O–H groups in total. The first-order valence-electron chi connectivity index (χ1n) is 6.83. The van der Waals surface area contributed by atoms with Crippen LogP contribution in [0.4, 0.5) is 5.82 Å². The summed E-state index contributed by atoms with van der Waals surface area (Å²) >= 11 is 1.59. The van der Waals surface area contributed by atoms with Gasteiger partial charge in [-0.05, 0) is 30.0 Å². The van der Waals surface area contributed by atoms with E-state index < -0.39 is 9.84 Å². The summed E-state index contributed by atoms with van der Waals surface area (Å²) < 4.78 is 24.7. The number of hydrogen-bond donors (Lipinski definition) is 1.